The molecule has 0 unspecified atom stereocenters. The monoisotopic (exact) mass is 414 g/mol. The predicted molar refractivity (Wildman–Crippen MR) is 82.9 cm³/mol. The van der Waals surface area contributed by atoms with E-state index in [-0.39, 0.29) is 0 Å². The number of rotatable bonds is 1. The van der Waals surface area contributed by atoms with E-state index in [0.717, 1.165) is 14.3 Å². The zero-order chi connectivity index (χ0) is 12.0. The molecule has 0 radical (unpaired) electrons. The highest BCUT2D eigenvalue weighted by atomic mass is 79.9. The van der Waals surface area contributed by atoms with Crippen LogP contribution in [0.3, 0.4) is 0 Å². The van der Waals surface area contributed by atoms with Crippen molar-refractivity contribution >= 4 is 47.8 Å². The van der Waals surface area contributed by atoms with E-state index in [9.17, 15) is 0 Å². The van der Waals surface area contributed by atoms with E-state index in [0.29, 0.717) is 5.92 Å². The molecule has 0 nitrogen and oxygen atoms in total. The molecule has 0 aromatic heterocycles. The first-order valence-corrected chi connectivity index (χ1v) is 8.06. The topological polar surface area (TPSA) is 0 Å². The average molecular weight is 417 g/mol. The van der Waals surface area contributed by atoms with Crippen LogP contribution in [0.1, 0.15) is 17.0 Å². The first-order valence-electron chi connectivity index (χ1n) is 5.36. The average Bonchev–Trinajstić information content (AvgIpc) is 2.60. The predicted octanol–water partition coefficient (Wildman–Crippen LogP) is 5.72. The zero-order valence-corrected chi connectivity index (χ0v) is 13.6. The van der Waals surface area contributed by atoms with Gasteiger partial charge >= 0.3 is 0 Å². The SMILES string of the molecule is BrCC1c2cc(Br)ccc2-c2ccc(Br)cc21. The number of benzene rings is 2. The highest BCUT2D eigenvalue weighted by Crippen LogP contribution is 2.47. The highest BCUT2D eigenvalue weighted by Gasteiger charge is 2.27. The fourth-order valence-corrected chi connectivity index (χ4v) is 3.92. The second-order valence-electron chi connectivity index (χ2n) is 4.17. The Kier molecular flexibility index (Phi) is 3.18. The molecule has 3 rings (SSSR count). The first-order chi connectivity index (χ1) is 8.20. The lowest BCUT2D eigenvalue weighted by molar-refractivity contribution is 0.978. The van der Waals surface area contributed by atoms with Crippen molar-refractivity contribution in [2.24, 2.45) is 0 Å². The minimum atomic E-state index is 0.454. The van der Waals surface area contributed by atoms with E-state index in [1.807, 2.05) is 0 Å². The Labute approximate surface area is 126 Å². The van der Waals surface area contributed by atoms with Gasteiger partial charge in [-0.15, -0.1) is 0 Å². The van der Waals surface area contributed by atoms with Gasteiger partial charge in [-0.3, -0.25) is 0 Å². The maximum atomic E-state index is 3.63. The van der Waals surface area contributed by atoms with Crippen LogP contribution in [0.5, 0.6) is 0 Å². The molecule has 17 heavy (non-hydrogen) atoms. The summed E-state index contributed by atoms with van der Waals surface area (Å²) < 4.78 is 2.29. The van der Waals surface area contributed by atoms with Crippen LogP contribution in [-0.2, 0) is 0 Å². The van der Waals surface area contributed by atoms with Gasteiger partial charge in [0, 0.05) is 20.2 Å². The van der Waals surface area contributed by atoms with Crippen LogP contribution in [0, 0.1) is 0 Å². The summed E-state index contributed by atoms with van der Waals surface area (Å²) in [4.78, 5) is 0. The van der Waals surface area contributed by atoms with Crippen molar-refractivity contribution in [2.45, 2.75) is 5.92 Å². The molecular weight excluding hydrogens is 408 g/mol. The molecule has 0 fully saturated rings. The van der Waals surface area contributed by atoms with E-state index in [4.69, 9.17) is 0 Å². The summed E-state index contributed by atoms with van der Waals surface area (Å²) in [5, 5.41) is 0.958. The van der Waals surface area contributed by atoms with Crippen molar-refractivity contribution < 1.29 is 0 Å². The Bertz CT molecular complexity index is 539. The summed E-state index contributed by atoms with van der Waals surface area (Å²) >= 11 is 10.7. The molecule has 0 amide bonds. The fourth-order valence-electron chi connectivity index (χ4n) is 2.47. The third-order valence-corrected chi connectivity index (χ3v) is 4.86. The molecule has 0 saturated heterocycles. The highest BCUT2D eigenvalue weighted by molar-refractivity contribution is 9.10. The lowest BCUT2D eigenvalue weighted by atomic mass is 10.00. The molecule has 1 aliphatic carbocycles. The Hall–Kier alpha value is -0.120. The van der Waals surface area contributed by atoms with Gasteiger partial charge in [0.05, 0.1) is 0 Å². The minimum absolute atomic E-state index is 0.454. The molecule has 0 heterocycles. The van der Waals surface area contributed by atoms with E-state index in [1.54, 1.807) is 0 Å². The van der Waals surface area contributed by atoms with Crippen molar-refractivity contribution in [3.05, 3.63) is 56.5 Å². The van der Waals surface area contributed by atoms with Crippen molar-refractivity contribution in [1.82, 2.24) is 0 Å². The fraction of sp³-hybridized carbons (Fsp3) is 0.143. The molecule has 2 aromatic rings. The quantitative estimate of drug-likeness (QED) is 0.521. The summed E-state index contributed by atoms with van der Waals surface area (Å²) in [5.74, 6) is 0.454. The molecule has 3 heteroatoms. The smallest absolute Gasteiger partial charge is 0.0199 e. The van der Waals surface area contributed by atoms with Crippen molar-refractivity contribution in [1.29, 1.82) is 0 Å². The Morgan fingerprint density at radius 1 is 0.824 bits per heavy atom. The third kappa shape index (κ3) is 1.92. The van der Waals surface area contributed by atoms with Gasteiger partial charge in [0.1, 0.15) is 0 Å². The van der Waals surface area contributed by atoms with Crippen LogP contribution in [0.15, 0.2) is 45.3 Å². The Morgan fingerprint density at radius 3 is 1.71 bits per heavy atom. The largest absolute Gasteiger partial charge is 0.0918 e. The number of alkyl halides is 1. The maximum absolute atomic E-state index is 3.63. The van der Waals surface area contributed by atoms with E-state index < -0.39 is 0 Å². The van der Waals surface area contributed by atoms with Gasteiger partial charge in [0.15, 0.2) is 0 Å². The second-order valence-corrected chi connectivity index (χ2v) is 6.65. The molecule has 0 atom stereocenters. The second kappa shape index (κ2) is 4.52. The molecule has 2 aromatic carbocycles. The van der Waals surface area contributed by atoms with Gasteiger partial charge in [-0.2, -0.15) is 0 Å². The van der Waals surface area contributed by atoms with E-state index >= 15 is 0 Å². The molecule has 0 aliphatic heterocycles. The number of fused-ring (bicyclic) bond motifs is 3. The standard InChI is InChI=1S/C14H9Br3/c15-7-14-12-5-8(16)1-3-10(12)11-4-2-9(17)6-13(11)14/h1-6,14H,7H2. The molecule has 0 saturated carbocycles. The van der Waals surface area contributed by atoms with Crippen molar-refractivity contribution in [2.75, 3.05) is 5.33 Å². The molecule has 0 bridgehead atoms. The number of hydrogen-bond acceptors (Lipinski definition) is 0. The maximum Gasteiger partial charge on any atom is 0.0199 e. The number of halogens is 3. The van der Waals surface area contributed by atoms with E-state index in [2.05, 4.69) is 84.2 Å². The normalized spacial score (nSPS) is 13.6. The molecule has 1 aliphatic rings. The summed E-state index contributed by atoms with van der Waals surface area (Å²) in [6, 6.07) is 13.1. The summed E-state index contributed by atoms with van der Waals surface area (Å²) in [5.41, 5.74) is 5.54. The van der Waals surface area contributed by atoms with E-state index in [1.165, 1.54) is 22.3 Å². The van der Waals surface area contributed by atoms with Crippen LogP contribution >= 0.6 is 47.8 Å². The molecule has 0 N–H and O–H groups in total. The summed E-state index contributed by atoms with van der Waals surface area (Å²) in [7, 11) is 0. The van der Waals surface area contributed by atoms with Crippen molar-refractivity contribution in [3.8, 4) is 11.1 Å². The Balaban J connectivity index is 2.28. The van der Waals surface area contributed by atoms with Gasteiger partial charge in [0.25, 0.3) is 0 Å². The summed E-state index contributed by atoms with van der Waals surface area (Å²) in [6.07, 6.45) is 0. The van der Waals surface area contributed by atoms with Crippen LogP contribution in [0.25, 0.3) is 11.1 Å². The molecular formula is C14H9Br3. The molecule has 86 valence electrons. The first kappa shape index (κ1) is 11.9. The lowest BCUT2D eigenvalue weighted by Crippen LogP contribution is -1.97. The Morgan fingerprint density at radius 2 is 1.29 bits per heavy atom. The van der Waals surface area contributed by atoms with Gasteiger partial charge < -0.3 is 0 Å². The van der Waals surface area contributed by atoms with Gasteiger partial charge in [-0.05, 0) is 46.5 Å². The van der Waals surface area contributed by atoms with Gasteiger partial charge in [-0.1, -0.05) is 59.9 Å². The van der Waals surface area contributed by atoms with Crippen LogP contribution in [0.2, 0.25) is 0 Å². The zero-order valence-electron chi connectivity index (χ0n) is 8.88. The summed E-state index contributed by atoms with van der Waals surface area (Å²) in [6.45, 7) is 0. The van der Waals surface area contributed by atoms with Crippen LogP contribution < -0.4 is 0 Å². The third-order valence-electron chi connectivity index (χ3n) is 3.22. The number of hydrogen-bond donors (Lipinski definition) is 0. The van der Waals surface area contributed by atoms with Gasteiger partial charge in [-0.25, -0.2) is 0 Å². The van der Waals surface area contributed by atoms with Gasteiger partial charge in [0.2, 0.25) is 0 Å². The van der Waals surface area contributed by atoms with Crippen LogP contribution in [0.4, 0.5) is 0 Å². The van der Waals surface area contributed by atoms with Crippen molar-refractivity contribution in [3.63, 3.8) is 0 Å². The van der Waals surface area contributed by atoms with Crippen LogP contribution in [-0.4, -0.2) is 5.33 Å². The molecule has 0 spiro atoms. The minimum Gasteiger partial charge on any atom is -0.0918 e. The lowest BCUT2D eigenvalue weighted by Gasteiger charge is -2.09.